The minimum absolute atomic E-state index is 0.00313. The summed E-state index contributed by atoms with van der Waals surface area (Å²) in [6, 6.07) is 13.1. The third-order valence-electron chi connectivity index (χ3n) is 5.79. The molecular weight excluding hydrogens is 473 g/mol. The standard InChI is InChI=1S/C27H35Cl2NO4/c1-19(2)34-22-10-8-9-20(17-22)26(21-12-13-23(28)24(29)18-21)27(31)30(3)14-5-7-16-33-25-11-4-6-15-32-25/h8-10,12-13,17-19,25-26H,4-7,11,14-16H2,1-3H3. The van der Waals surface area contributed by atoms with Crippen LogP contribution < -0.4 is 4.74 Å². The van der Waals surface area contributed by atoms with E-state index in [9.17, 15) is 4.79 Å². The lowest BCUT2D eigenvalue weighted by Crippen LogP contribution is -2.33. The number of carbonyl (C=O) groups is 1. The number of likely N-dealkylation sites (N-methyl/N-ethyl adjacent to an activating group) is 1. The molecule has 1 aliphatic rings. The van der Waals surface area contributed by atoms with Crippen LogP contribution in [-0.4, -0.2) is 50.0 Å². The van der Waals surface area contributed by atoms with Gasteiger partial charge in [0.15, 0.2) is 6.29 Å². The summed E-state index contributed by atoms with van der Waals surface area (Å²) in [5, 5.41) is 0.889. The van der Waals surface area contributed by atoms with Crippen molar-refractivity contribution < 1.29 is 19.0 Å². The molecule has 0 spiro atoms. The monoisotopic (exact) mass is 507 g/mol. The number of hydrogen-bond acceptors (Lipinski definition) is 4. The van der Waals surface area contributed by atoms with E-state index in [4.69, 9.17) is 37.4 Å². The lowest BCUT2D eigenvalue weighted by molar-refractivity contribution is -0.163. The van der Waals surface area contributed by atoms with Gasteiger partial charge >= 0.3 is 0 Å². The Morgan fingerprint density at radius 3 is 2.59 bits per heavy atom. The van der Waals surface area contributed by atoms with Crippen molar-refractivity contribution in [1.29, 1.82) is 0 Å². The van der Waals surface area contributed by atoms with E-state index in [2.05, 4.69) is 0 Å². The van der Waals surface area contributed by atoms with Crippen molar-refractivity contribution >= 4 is 29.1 Å². The smallest absolute Gasteiger partial charge is 0.234 e. The van der Waals surface area contributed by atoms with Crippen LogP contribution in [0.5, 0.6) is 5.75 Å². The van der Waals surface area contributed by atoms with Gasteiger partial charge in [-0.1, -0.05) is 41.4 Å². The molecule has 1 fully saturated rings. The van der Waals surface area contributed by atoms with Gasteiger partial charge in [0.1, 0.15) is 5.75 Å². The number of carbonyl (C=O) groups excluding carboxylic acids is 1. The Bertz CT molecular complexity index is 931. The molecule has 1 saturated heterocycles. The minimum Gasteiger partial charge on any atom is -0.491 e. The highest BCUT2D eigenvalue weighted by Gasteiger charge is 2.27. The van der Waals surface area contributed by atoms with E-state index < -0.39 is 5.92 Å². The van der Waals surface area contributed by atoms with Gasteiger partial charge in [-0.2, -0.15) is 0 Å². The number of halogens is 2. The first-order chi connectivity index (χ1) is 16.3. The summed E-state index contributed by atoms with van der Waals surface area (Å²) in [5.41, 5.74) is 1.65. The van der Waals surface area contributed by atoms with Crippen LogP contribution in [0.1, 0.15) is 63.0 Å². The minimum atomic E-state index is -0.512. The second-order valence-electron chi connectivity index (χ2n) is 8.98. The van der Waals surface area contributed by atoms with Crippen molar-refractivity contribution in [2.45, 2.75) is 64.3 Å². The van der Waals surface area contributed by atoms with Gasteiger partial charge in [-0.25, -0.2) is 0 Å². The SMILES string of the molecule is CC(C)Oc1cccc(C(C(=O)N(C)CCCCOC2CCCCO2)c2ccc(Cl)c(Cl)c2)c1. The normalized spacial score (nSPS) is 16.9. The molecular formula is C27H35Cl2NO4. The quantitative estimate of drug-likeness (QED) is 0.317. The van der Waals surface area contributed by atoms with Crippen molar-refractivity contribution in [3.8, 4) is 5.75 Å². The van der Waals surface area contributed by atoms with E-state index in [1.165, 1.54) is 0 Å². The van der Waals surface area contributed by atoms with Gasteiger partial charge in [0.05, 0.1) is 22.1 Å². The van der Waals surface area contributed by atoms with Crippen LogP contribution in [0.25, 0.3) is 0 Å². The highest BCUT2D eigenvalue weighted by Crippen LogP contribution is 2.33. The molecule has 1 heterocycles. The molecule has 2 aromatic carbocycles. The van der Waals surface area contributed by atoms with Crippen LogP contribution in [0, 0.1) is 0 Å². The molecule has 0 N–H and O–H groups in total. The molecule has 7 heteroatoms. The molecule has 3 rings (SSSR count). The zero-order valence-electron chi connectivity index (χ0n) is 20.3. The van der Waals surface area contributed by atoms with Gasteiger partial charge in [-0.3, -0.25) is 4.79 Å². The second kappa shape index (κ2) is 13.3. The molecule has 2 unspecified atom stereocenters. The Labute approximate surface area is 213 Å². The molecule has 34 heavy (non-hydrogen) atoms. The van der Waals surface area contributed by atoms with E-state index in [1.54, 1.807) is 17.0 Å². The van der Waals surface area contributed by atoms with E-state index >= 15 is 0 Å². The maximum Gasteiger partial charge on any atom is 0.234 e. The summed E-state index contributed by atoms with van der Waals surface area (Å²) in [4.78, 5) is 15.4. The van der Waals surface area contributed by atoms with Gasteiger partial charge in [-0.15, -0.1) is 0 Å². The number of benzene rings is 2. The number of hydrogen-bond donors (Lipinski definition) is 0. The molecule has 0 bridgehead atoms. The molecule has 2 atom stereocenters. The van der Waals surface area contributed by atoms with Crippen LogP contribution in [0.3, 0.4) is 0 Å². The number of nitrogens with zero attached hydrogens (tertiary/aromatic N) is 1. The predicted molar refractivity (Wildman–Crippen MR) is 137 cm³/mol. The fraction of sp³-hybridized carbons (Fsp3) is 0.519. The first-order valence-electron chi connectivity index (χ1n) is 12.0. The Balaban J connectivity index is 1.68. The van der Waals surface area contributed by atoms with Crippen molar-refractivity contribution in [3.63, 3.8) is 0 Å². The van der Waals surface area contributed by atoms with Gasteiger partial charge in [0.25, 0.3) is 0 Å². The fourth-order valence-corrected chi connectivity index (χ4v) is 4.35. The summed E-state index contributed by atoms with van der Waals surface area (Å²) in [7, 11) is 1.84. The number of unbranched alkanes of at least 4 members (excludes halogenated alkanes) is 1. The summed E-state index contributed by atoms with van der Waals surface area (Å²) in [6.45, 7) is 6.00. The zero-order chi connectivity index (χ0) is 24.5. The number of ether oxygens (including phenoxy) is 3. The van der Waals surface area contributed by atoms with Crippen LogP contribution in [-0.2, 0) is 14.3 Å². The second-order valence-corrected chi connectivity index (χ2v) is 9.79. The molecule has 2 aromatic rings. The molecule has 5 nitrogen and oxygen atoms in total. The van der Waals surface area contributed by atoms with Crippen molar-refractivity contribution in [3.05, 3.63) is 63.6 Å². The van der Waals surface area contributed by atoms with Crippen molar-refractivity contribution in [1.82, 2.24) is 4.90 Å². The maximum atomic E-state index is 13.6. The Hall–Kier alpha value is -1.79. The Morgan fingerprint density at radius 1 is 1.09 bits per heavy atom. The average molecular weight is 508 g/mol. The lowest BCUT2D eigenvalue weighted by Gasteiger charge is -2.26. The van der Waals surface area contributed by atoms with Gasteiger partial charge < -0.3 is 19.1 Å². The van der Waals surface area contributed by atoms with E-state index in [1.807, 2.05) is 51.2 Å². The molecule has 0 aliphatic carbocycles. The zero-order valence-corrected chi connectivity index (χ0v) is 21.8. The van der Waals surface area contributed by atoms with Crippen LogP contribution in [0.2, 0.25) is 10.0 Å². The van der Waals surface area contributed by atoms with Gasteiger partial charge in [-0.05, 0) is 81.3 Å². The third kappa shape index (κ3) is 7.88. The van der Waals surface area contributed by atoms with Gasteiger partial charge in [0, 0.05) is 26.8 Å². The maximum absolute atomic E-state index is 13.6. The largest absolute Gasteiger partial charge is 0.491 e. The van der Waals surface area contributed by atoms with E-state index in [0.29, 0.717) is 23.2 Å². The predicted octanol–water partition coefficient (Wildman–Crippen LogP) is 6.69. The summed E-state index contributed by atoms with van der Waals surface area (Å²) >= 11 is 12.4. The topological polar surface area (TPSA) is 48.0 Å². The van der Waals surface area contributed by atoms with Crippen LogP contribution >= 0.6 is 23.2 Å². The highest BCUT2D eigenvalue weighted by atomic mass is 35.5. The summed E-state index contributed by atoms with van der Waals surface area (Å²) in [5.74, 6) is 0.217. The first kappa shape index (κ1) is 26.8. The summed E-state index contributed by atoms with van der Waals surface area (Å²) < 4.78 is 17.3. The van der Waals surface area contributed by atoms with Crippen LogP contribution in [0.15, 0.2) is 42.5 Å². The van der Waals surface area contributed by atoms with Crippen molar-refractivity contribution in [2.24, 2.45) is 0 Å². The highest BCUT2D eigenvalue weighted by molar-refractivity contribution is 6.42. The molecule has 1 aliphatic heterocycles. The fourth-order valence-electron chi connectivity index (χ4n) is 4.05. The van der Waals surface area contributed by atoms with Crippen LogP contribution in [0.4, 0.5) is 0 Å². The summed E-state index contributed by atoms with van der Waals surface area (Å²) in [6.07, 6.45) is 4.90. The van der Waals surface area contributed by atoms with Gasteiger partial charge in [0.2, 0.25) is 5.91 Å². The molecule has 1 amide bonds. The third-order valence-corrected chi connectivity index (χ3v) is 6.53. The van der Waals surface area contributed by atoms with E-state index in [-0.39, 0.29) is 18.3 Å². The van der Waals surface area contributed by atoms with Crippen molar-refractivity contribution in [2.75, 3.05) is 26.8 Å². The molecule has 0 aromatic heterocycles. The number of rotatable bonds is 11. The lowest BCUT2D eigenvalue weighted by atomic mass is 9.89. The Kier molecular flexibility index (Phi) is 10.5. The first-order valence-corrected chi connectivity index (χ1v) is 12.8. The molecule has 0 radical (unpaired) electrons. The van der Waals surface area contributed by atoms with E-state index in [0.717, 1.165) is 55.6 Å². The molecule has 186 valence electrons. The Morgan fingerprint density at radius 2 is 1.88 bits per heavy atom. The molecule has 0 saturated carbocycles. The average Bonchev–Trinajstić information content (AvgIpc) is 2.81. The number of amides is 1.